The smallest absolute Gasteiger partial charge is 0.124 e. The van der Waals surface area contributed by atoms with Crippen LogP contribution in [0.2, 0.25) is 0 Å². The average molecular weight is 288 g/mol. The topological polar surface area (TPSA) is 12.0 Å². The van der Waals surface area contributed by atoms with Crippen molar-refractivity contribution in [1.82, 2.24) is 5.32 Å². The third-order valence-electron chi connectivity index (χ3n) is 2.93. The molecule has 0 aliphatic rings. The van der Waals surface area contributed by atoms with Gasteiger partial charge in [-0.2, -0.15) is 0 Å². The molecule has 1 nitrogen and oxygen atoms in total. The van der Waals surface area contributed by atoms with Gasteiger partial charge in [-0.3, -0.25) is 0 Å². The summed E-state index contributed by atoms with van der Waals surface area (Å²) in [5.74, 6) is 0.330. The maximum absolute atomic E-state index is 13.0. The Hall–Kier alpha value is -0.410. The molecule has 0 fully saturated rings. The van der Waals surface area contributed by atoms with Crippen molar-refractivity contribution in [2.45, 2.75) is 33.2 Å². The molecule has 0 heterocycles. The van der Waals surface area contributed by atoms with Gasteiger partial charge in [0.1, 0.15) is 5.82 Å². The number of hydrogen-bond donors (Lipinski definition) is 1. The molecule has 0 bridgehead atoms. The van der Waals surface area contributed by atoms with Crippen LogP contribution in [-0.2, 0) is 0 Å². The highest BCUT2D eigenvalue weighted by Crippen LogP contribution is 2.30. The molecule has 1 N–H and O–H groups in total. The van der Waals surface area contributed by atoms with Crippen LogP contribution >= 0.6 is 15.9 Å². The molecule has 0 saturated carbocycles. The summed E-state index contributed by atoms with van der Waals surface area (Å²) in [6, 6.07) is 5.19. The quantitative estimate of drug-likeness (QED) is 0.852. The zero-order valence-electron chi connectivity index (χ0n) is 10.1. The van der Waals surface area contributed by atoms with Crippen LogP contribution in [0, 0.1) is 11.7 Å². The van der Waals surface area contributed by atoms with Gasteiger partial charge in [-0.1, -0.05) is 49.2 Å². The van der Waals surface area contributed by atoms with Gasteiger partial charge in [0.05, 0.1) is 0 Å². The molecule has 90 valence electrons. The summed E-state index contributed by atoms with van der Waals surface area (Å²) in [7, 11) is 0. The SMILES string of the molecule is CCNC(c1ccc(F)cc1Br)C(C)CC. The van der Waals surface area contributed by atoms with Crippen molar-refractivity contribution in [3.63, 3.8) is 0 Å². The predicted octanol–water partition coefficient (Wildman–Crippen LogP) is 4.28. The standard InChI is InChI=1S/C13H19BrFN/c1-4-9(3)13(16-5-2)11-7-6-10(15)8-12(11)14/h6-9,13,16H,4-5H2,1-3H3. The van der Waals surface area contributed by atoms with Gasteiger partial charge >= 0.3 is 0 Å². The van der Waals surface area contributed by atoms with Gasteiger partial charge in [-0.05, 0) is 30.2 Å². The third kappa shape index (κ3) is 3.29. The van der Waals surface area contributed by atoms with Crippen molar-refractivity contribution in [2.75, 3.05) is 6.54 Å². The molecule has 0 saturated heterocycles. The summed E-state index contributed by atoms with van der Waals surface area (Å²) < 4.78 is 13.9. The van der Waals surface area contributed by atoms with E-state index in [2.05, 4.69) is 42.0 Å². The molecule has 3 heteroatoms. The Morgan fingerprint density at radius 1 is 1.38 bits per heavy atom. The summed E-state index contributed by atoms with van der Waals surface area (Å²) >= 11 is 3.44. The third-order valence-corrected chi connectivity index (χ3v) is 3.62. The molecule has 0 spiro atoms. The van der Waals surface area contributed by atoms with E-state index in [4.69, 9.17) is 0 Å². The van der Waals surface area contributed by atoms with Gasteiger partial charge in [0.15, 0.2) is 0 Å². The molecule has 0 aliphatic heterocycles. The summed E-state index contributed by atoms with van der Waals surface area (Å²) in [6.07, 6.45) is 1.10. The fourth-order valence-electron chi connectivity index (χ4n) is 1.83. The Morgan fingerprint density at radius 2 is 2.06 bits per heavy atom. The second-order valence-corrected chi connectivity index (χ2v) is 4.94. The average Bonchev–Trinajstić information content (AvgIpc) is 2.26. The number of rotatable bonds is 5. The number of halogens is 2. The van der Waals surface area contributed by atoms with Crippen LogP contribution < -0.4 is 5.32 Å². The largest absolute Gasteiger partial charge is 0.310 e. The highest BCUT2D eigenvalue weighted by molar-refractivity contribution is 9.10. The summed E-state index contributed by atoms with van der Waals surface area (Å²) in [5.41, 5.74) is 1.14. The molecule has 1 aromatic carbocycles. The number of benzene rings is 1. The first-order valence-electron chi connectivity index (χ1n) is 5.78. The summed E-state index contributed by atoms with van der Waals surface area (Å²) in [4.78, 5) is 0. The molecule has 2 unspecified atom stereocenters. The molecule has 0 aliphatic carbocycles. The fraction of sp³-hybridized carbons (Fsp3) is 0.538. The van der Waals surface area contributed by atoms with E-state index in [1.807, 2.05) is 6.07 Å². The zero-order valence-corrected chi connectivity index (χ0v) is 11.6. The highest BCUT2D eigenvalue weighted by Gasteiger charge is 2.19. The molecule has 16 heavy (non-hydrogen) atoms. The van der Waals surface area contributed by atoms with Crippen molar-refractivity contribution in [3.8, 4) is 0 Å². The van der Waals surface area contributed by atoms with Gasteiger partial charge in [0, 0.05) is 10.5 Å². The van der Waals surface area contributed by atoms with Crippen molar-refractivity contribution >= 4 is 15.9 Å². The van der Waals surface area contributed by atoms with E-state index in [1.165, 1.54) is 12.1 Å². The second kappa shape index (κ2) is 6.36. The van der Waals surface area contributed by atoms with Crippen LogP contribution in [0.4, 0.5) is 4.39 Å². The van der Waals surface area contributed by atoms with Gasteiger partial charge in [-0.25, -0.2) is 4.39 Å². The van der Waals surface area contributed by atoms with Crippen molar-refractivity contribution < 1.29 is 4.39 Å². The van der Waals surface area contributed by atoms with E-state index < -0.39 is 0 Å². The lowest BCUT2D eigenvalue weighted by atomic mass is 9.92. The Bertz CT molecular complexity index is 341. The van der Waals surface area contributed by atoms with Crippen LogP contribution in [0.1, 0.15) is 38.8 Å². The minimum atomic E-state index is -0.199. The predicted molar refractivity (Wildman–Crippen MR) is 70.0 cm³/mol. The first-order valence-corrected chi connectivity index (χ1v) is 6.57. The molecular formula is C13H19BrFN. The van der Waals surface area contributed by atoms with E-state index in [0.29, 0.717) is 5.92 Å². The molecule has 1 aromatic rings. The lowest BCUT2D eigenvalue weighted by Crippen LogP contribution is -2.26. The van der Waals surface area contributed by atoms with Crippen LogP contribution in [0.3, 0.4) is 0 Å². The minimum Gasteiger partial charge on any atom is -0.310 e. The van der Waals surface area contributed by atoms with E-state index >= 15 is 0 Å². The van der Waals surface area contributed by atoms with Crippen molar-refractivity contribution in [1.29, 1.82) is 0 Å². The molecule has 0 radical (unpaired) electrons. The Morgan fingerprint density at radius 3 is 2.56 bits per heavy atom. The zero-order chi connectivity index (χ0) is 12.1. The van der Waals surface area contributed by atoms with E-state index in [9.17, 15) is 4.39 Å². The van der Waals surface area contributed by atoms with Gasteiger partial charge in [-0.15, -0.1) is 0 Å². The van der Waals surface area contributed by atoms with Gasteiger partial charge in [0.2, 0.25) is 0 Å². The second-order valence-electron chi connectivity index (χ2n) is 4.09. The maximum Gasteiger partial charge on any atom is 0.124 e. The molecule has 2 atom stereocenters. The van der Waals surface area contributed by atoms with Crippen LogP contribution in [0.25, 0.3) is 0 Å². The Kier molecular flexibility index (Phi) is 5.42. The number of hydrogen-bond acceptors (Lipinski definition) is 1. The Labute approximate surface area is 106 Å². The summed E-state index contributed by atoms with van der Waals surface area (Å²) in [6.45, 7) is 7.39. The van der Waals surface area contributed by atoms with E-state index in [0.717, 1.165) is 23.0 Å². The normalized spacial score (nSPS) is 14.8. The Balaban J connectivity index is 3.00. The lowest BCUT2D eigenvalue weighted by Gasteiger charge is -2.25. The van der Waals surface area contributed by atoms with Crippen LogP contribution in [0.5, 0.6) is 0 Å². The van der Waals surface area contributed by atoms with Crippen molar-refractivity contribution in [3.05, 3.63) is 34.1 Å². The summed E-state index contributed by atoms with van der Waals surface area (Å²) in [5, 5.41) is 3.46. The van der Waals surface area contributed by atoms with Crippen LogP contribution in [-0.4, -0.2) is 6.54 Å². The highest BCUT2D eigenvalue weighted by atomic mass is 79.9. The first-order chi connectivity index (χ1) is 7.60. The van der Waals surface area contributed by atoms with Gasteiger partial charge in [0.25, 0.3) is 0 Å². The first kappa shape index (κ1) is 13.7. The van der Waals surface area contributed by atoms with E-state index in [1.54, 1.807) is 0 Å². The molecule has 0 amide bonds. The molecule has 1 rings (SSSR count). The molecule has 0 aromatic heterocycles. The minimum absolute atomic E-state index is 0.199. The van der Waals surface area contributed by atoms with Gasteiger partial charge < -0.3 is 5.32 Å². The lowest BCUT2D eigenvalue weighted by molar-refractivity contribution is 0.382. The maximum atomic E-state index is 13.0. The number of nitrogens with one attached hydrogen (secondary N) is 1. The fourth-order valence-corrected chi connectivity index (χ4v) is 2.42. The monoisotopic (exact) mass is 287 g/mol. The molecular weight excluding hydrogens is 269 g/mol. The van der Waals surface area contributed by atoms with E-state index in [-0.39, 0.29) is 11.9 Å². The van der Waals surface area contributed by atoms with Crippen molar-refractivity contribution in [2.24, 2.45) is 5.92 Å². The van der Waals surface area contributed by atoms with Crippen LogP contribution in [0.15, 0.2) is 22.7 Å².